The molecule has 0 saturated heterocycles. The van der Waals surface area contributed by atoms with Crippen LogP contribution in [0.4, 0.5) is 0 Å². The van der Waals surface area contributed by atoms with Crippen molar-refractivity contribution in [2.45, 2.75) is 31.8 Å². The third kappa shape index (κ3) is 3.17. The molecule has 0 saturated carbocycles. The predicted molar refractivity (Wildman–Crippen MR) is 82.9 cm³/mol. The van der Waals surface area contributed by atoms with Crippen molar-refractivity contribution in [3.05, 3.63) is 71.3 Å². The Morgan fingerprint density at radius 1 is 0.895 bits per heavy atom. The number of nitrogens with one attached hydrogen (secondary N) is 1. The molecule has 1 aliphatic carbocycles. The van der Waals surface area contributed by atoms with Crippen molar-refractivity contribution in [2.24, 2.45) is 0 Å². The normalized spacial score (nSPS) is 15.6. The predicted octanol–water partition coefficient (Wildman–Crippen LogP) is 3.93. The molecule has 1 unspecified atom stereocenters. The van der Waals surface area contributed by atoms with Gasteiger partial charge in [0, 0.05) is 12.1 Å². The molecule has 0 amide bonds. The molecule has 1 nitrogen and oxygen atoms in total. The van der Waals surface area contributed by atoms with Crippen molar-refractivity contribution in [1.29, 1.82) is 0 Å². The number of fused-ring (bicyclic) bond motifs is 1. The molecule has 19 heavy (non-hydrogen) atoms. The Hall–Kier alpha value is -1.31. The van der Waals surface area contributed by atoms with Gasteiger partial charge in [-0.3, -0.25) is 0 Å². The van der Waals surface area contributed by atoms with E-state index in [1.807, 2.05) is 0 Å². The van der Waals surface area contributed by atoms with Crippen molar-refractivity contribution < 1.29 is 0 Å². The van der Waals surface area contributed by atoms with Gasteiger partial charge in [-0.15, -0.1) is 12.4 Å². The summed E-state index contributed by atoms with van der Waals surface area (Å²) in [4.78, 5) is 0. The Kier molecular flexibility index (Phi) is 4.62. The van der Waals surface area contributed by atoms with E-state index in [0.717, 1.165) is 12.8 Å². The zero-order chi connectivity index (χ0) is 12.4. The SMILES string of the molecule is CC(NC1Cc2ccccc2C1)c1ccccc1.Cl. The van der Waals surface area contributed by atoms with E-state index >= 15 is 0 Å². The average Bonchev–Trinajstić information content (AvgIpc) is 2.82. The lowest BCUT2D eigenvalue weighted by atomic mass is 10.1. The van der Waals surface area contributed by atoms with Crippen LogP contribution in [0.3, 0.4) is 0 Å². The minimum absolute atomic E-state index is 0. The highest BCUT2D eigenvalue weighted by Crippen LogP contribution is 2.23. The maximum atomic E-state index is 3.74. The monoisotopic (exact) mass is 273 g/mol. The Morgan fingerprint density at radius 3 is 2.00 bits per heavy atom. The summed E-state index contributed by atoms with van der Waals surface area (Å²) in [5.41, 5.74) is 4.39. The van der Waals surface area contributed by atoms with E-state index in [-0.39, 0.29) is 12.4 Å². The summed E-state index contributed by atoms with van der Waals surface area (Å²) >= 11 is 0. The van der Waals surface area contributed by atoms with Gasteiger partial charge in [0.15, 0.2) is 0 Å². The van der Waals surface area contributed by atoms with Crippen molar-refractivity contribution in [1.82, 2.24) is 5.32 Å². The fourth-order valence-corrected chi connectivity index (χ4v) is 2.87. The summed E-state index contributed by atoms with van der Waals surface area (Å²) < 4.78 is 0. The fraction of sp³-hybridized carbons (Fsp3) is 0.294. The van der Waals surface area contributed by atoms with Crippen molar-refractivity contribution in [2.75, 3.05) is 0 Å². The number of halogens is 1. The van der Waals surface area contributed by atoms with Crippen LogP contribution >= 0.6 is 12.4 Å². The zero-order valence-corrected chi connectivity index (χ0v) is 12.0. The second-order valence-corrected chi connectivity index (χ2v) is 5.17. The molecule has 0 heterocycles. The first-order valence-electron chi connectivity index (χ1n) is 6.71. The van der Waals surface area contributed by atoms with Gasteiger partial charge >= 0.3 is 0 Å². The summed E-state index contributed by atoms with van der Waals surface area (Å²) in [5.74, 6) is 0. The molecule has 0 aliphatic heterocycles. The Balaban J connectivity index is 0.00000133. The molecule has 2 aromatic carbocycles. The number of rotatable bonds is 3. The van der Waals surface area contributed by atoms with Crippen LogP contribution in [0.2, 0.25) is 0 Å². The highest BCUT2D eigenvalue weighted by Gasteiger charge is 2.22. The van der Waals surface area contributed by atoms with Gasteiger partial charge in [0.2, 0.25) is 0 Å². The van der Waals surface area contributed by atoms with Gasteiger partial charge in [0.25, 0.3) is 0 Å². The Labute approximate surface area is 121 Å². The standard InChI is InChI=1S/C17H19N.ClH/c1-13(14-7-3-2-4-8-14)18-17-11-15-9-5-6-10-16(15)12-17;/h2-10,13,17-18H,11-12H2,1H3;1H. The minimum atomic E-state index is 0. The lowest BCUT2D eigenvalue weighted by Gasteiger charge is -2.19. The molecule has 0 radical (unpaired) electrons. The molecule has 0 spiro atoms. The molecule has 0 bridgehead atoms. The minimum Gasteiger partial charge on any atom is -0.307 e. The van der Waals surface area contributed by atoms with Gasteiger partial charge in [-0.2, -0.15) is 0 Å². The summed E-state index contributed by atoms with van der Waals surface area (Å²) in [5, 5.41) is 3.74. The number of hydrogen-bond acceptors (Lipinski definition) is 1. The molecule has 1 N–H and O–H groups in total. The molecule has 0 aromatic heterocycles. The molecular formula is C17H20ClN. The van der Waals surface area contributed by atoms with Gasteiger partial charge in [0.1, 0.15) is 0 Å². The van der Waals surface area contributed by atoms with Crippen LogP contribution in [0.25, 0.3) is 0 Å². The first-order chi connectivity index (χ1) is 8.83. The molecule has 2 aromatic rings. The van der Waals surface area contributed by atoms with E-state index in [4.69, 9.17) is 0 Å². The molecule has 2 heteroatoms. The van der Waals surface area contributed by atoms with Gasteiger partial charge in [-0.25, -0.2) is 0 Å². The van der Waals surface area contributed by atoms with Gasteiger partial charge in [-0.1, -0.05) is 54.6 Å². The van der Waals surface area contributed by atoms with E-state index in [1.54, 1.807) is 0 Å². The van der Waals surface area contributed by atoms with E-state index in [9.17, 15) is 0 Å². The average molecular weight is 274 g/mol. The zero-order valence-electron chi connectivity index (χ0n) is 11.2. The molecule has 3 rings (SSSR count). The van der Waals surface area contributed by atoms with E-state index in [1.165, 1.54) is 16.7 Å². The van der Waals surface area contributed by atoms with Gasteiger partial charge in [0.05, 0.1) is 0 Å². The molecular weight excluding hydrogens is 254 g/mol. The lowest BCUT2D eigenvalue weighted by molar-refractivity contribution is 0.467. The van der Waals surface area contributed by atoms with Crippen LogP contribution in [0.5, 0.6) is 0 Å². The van der Waals surface area contributed by atoms with E-state index in [2.05, 4.69) is 66.8 Å². The molecule has 0 fully saturated rings. The summed E-state index contributed by atoms with van der Waals surface area (Å²) in [6, 6.07) is 20.5. The fourth-order valence-electron chi connectivity index (χ4n) is 2.87. The van der Waals surface area contributed by atoms with Gasteiger partial charge in [-0.05, 0) is 36.5 Å². The van der Waals surface area contributed by atoms with Gasteiger partial charge < -0.3 is 5.32 Å². The largest absolute Gasteiger partial charge is 0.307 e. The third-order valence-electron chi connectivity index (χ3n) is 3.84. The van der Waals surface area contributed by atoms with Crippen molar-refractivity contribution in [3.8, 4) is 0 Å². The quantitative estimate of drug-likeness (QED) is 0.894. The third-order valence-corrected chi connectivity index (χ3v) is 3.84. The topological polar surface area (TPSA) is 12.0 Å². The maximum absolute atomic E-state index is 3.74. The number of benzene rings is 2. The second kappa shape index (κ2) is 6.23. The summed E-state index contributed by atoms with van der Waals surface area (Å²) in [7, 11) is 0. The molecule has 1 atom stereocenters. The lowest BCUT2D eigenvalue weighted by Crippen LogP contribution is -2.31. The van der Waals surface area contributed by atoms with Crippen LogP contribution in [-0.2, 0) is 12.8 Å². The smallest absolute Gasteiger partial charge is 0.0294 e. The highest BCUT2D eigenvalue weighted by molar-refractivity contribution is 5.85. The van der Waals surface area contributed by atoms with E-state index < -0.39 is 0 Å². The van der Waals surface area contributed by atoms with Crippen LogP contribution in [0.15, 0.2) is 54.6 Å². The van der Waals surface area contributed by atoms with Crippen LogP contribution in [-0.4, -0.2) is 6.04 Å². The van der Waals surface area contributed by atoms with E-state index in [0.29, 0.717) is 12.1 Å². The molecule has 1 aliphatic rings. The Morgan fingerprint density at radius 2 is 1.42 bits per heavy atom. The Bertz CT molecular complexity index is 499. The second-order valence-electron chi connectivity index (χ2n) is 5.17. The number of hydrogen-bond donors (Lipinski definition) is 1. The first-order valence-corrected chi connectivity index (χ1v) is 6.71. The van der Waals surface area contributed by atoms with Crippen LogP contribution in [0, 0.1) is 0 Å². The van der Waals surface area contributed by atoms with Crippen molar-refractivity contribution >= 4 is 12.4 Å². The van der Waals surface area contributed by atoms with Crippen molar-refractivity contribution in [3.63, 3.8) is 0 Å². The first kappa shape index (κ1) is 14.1. The van der Waals surface area contributed by atoms with Crippen LogP contribution in [0.1, 0.15) is 29.7 Å². The summed E-state index contributed by atoms with van der Waals surface area (Å²) in [6.07, 6.45) is 2.32. The molecule has 100 valence electrons. The highest BCUT2D eigenvalue weighted by atomic mass is 35.5. The van der Waals surface area contributed by atoms with Crippen LogP contribution < -0.4 is 5.32 Å². The maximum Gasteiger partial charge on any atom is 0.0294 e. The summed E-state index contributed by atoms with van der Waals surface area (Å²) in [6.45, 7) is 2.25.